The molecule has 0 spiro atoms. The van der Waals surface area contributed by atoms with Gasteiger partial charge in [0.1, 0.15) is 0 Å². The van der Waals surface area contributed by atoms with E-state index < -0.39 is 19.8 Å². The van der Waals surface area contributed by atoms with Gasteiger partial charge in [0, 0.05) is 18.2 Å². The van der Waals surface area contributed by atoms with E-state index in [1.165, 1.54) is 0 Å². The van der Waals surface area contributed by atoms with Gasteiger partial charge in [-0.1, -0.05) is 35.9 Å². The normalized spacial score (nSPS) is 25.3. The van der Waals surface area contributed by atoms with E-state index in [1.807, 2.05) is 0 Å². The maximum Gasteiger partial charge on any atom is 0.211 e. The van der Waals surface area contributed by atoms with Gasteiger partial charge in [-0.2, -0.15) is 0 Å². The molecule has 5 heteroatoms. The molecule has 0 radical (unpaired) electrons. The first-order valence-corrected chi connectivity index (χ1v) is 6.64. The van der Waals surface area contributed by atoms with E-state index in [2.05, 4.69) is 0 Å². The monoisotopic (exact) mass is 244 g/mol. The summed E-state index contributed by atoms with van der Waals surface area (Å²) >= 11 is 5.93. The number of halogens is 1. The van der Waals surface area contributed by atoms with E-state index in [4.69, 9.17) is 11.6 Å². The number of sulfone groups is 1. The van der Waals surface area contributed by atoms with Crippen LogP contribution in [0.3, 0.4) is 0 Å². The predicted molar refractivity (Wildman–Crippen MR) is 57.9 cm³/mol. The molecule has 0 aromatic heterocycles. The minimum atomic E-state index is -3.60. The summed E-state index contributed by atoms with van der Waals surface area (Å²) in [5.41, 5.74) is 1.11. The molecule has 0 saturated heterocycles. The second kappa shape index (κ2) is 3.06. The van der Waals surface area contributed by atoms with Gasteiger partial charge >= 0.3 is 0 Å². The Hall–Kier alpha value is -0.870. The van der Waals surface area contributed by atoms with Crippen LogP contribution in [0.5, 0.6) is 0 Å². The van der Waals surface area contributed by atoms with Gasteiger partial charge < -0.3 is 0 Å². The number of fused-ring (bicyclic) bond motifs is 1. The first-order valence-electron chi connectivity index (χ1n) is 4.37. The third kappa shape index (κ3) is 1.40. The standard InChI is InChI=1S/C10H9ClO3S/c1-15(13,14)10(11)6-7-4-2-3-5-8(7)9(10)12/h2-5H,6H2,1H3. The van der Waals surface area contributed by atoms with Gasteiger partial charge in [0.15, 0.2) is 15.6 Å². The summed E-state index contributed by atoms with van der Waals surface area (Å²) in [4.78, 5) is 11.9. The molecule has 0 amide bonds. The van der Waals surface area contributed by atoms with Gasteiger partial charge in [0.2, 0.25) is 4.21 Å². The SMILES string of the molecule is CS(=O)(=O)C1(Cl)Cc2ccccc2C1=O. The van der Waals surface area contributed by atoms with Crippen molar-refractivity contribution in [2.45, 2.75) is 10.6 Å². The molecular formula is C10H9ClO3S. The summed E-state index contributed by atoms with van der Waals surface area (Å²) in [5, 5.41) is 0. The molecule has 1 unspecified atom stereocenters. The minimum absolute atomic E-state index is 0.0579. The maximum atomic E-state index is 11.9. The van der Waals surface area contributed by atoms with Crippen LogP contribution in [0, 0.1) is 0 Å². The topological polar surface area (TPSA) is 51.2 Å². The fourth-order valence-electron chi connectivity index (χ4n) is 1.72. The number of hydrogen-bond donors (Lipinski definition) is 0. The Morgan fingerprint density at radius 2 is 1.93 bits per heavy atom. The Bertz CT molecular complexity index is 535. The highest BCUT2D eigenvalue weighted by atomic mass is 35.5. The molecule has 80 valence electrons. The van der Waals surface area contributed by atoms with Crippen LogP contribution in [0.15, 0.2) is 24.3 Å². The number of rotatable bonds is 1. The number of ketones is 1. The van der Waals surface area contributed by atoms with Crippen molar-refractivity contribution in [3.63, 3.8) is 0 Å². The molecule has 0 bridgehead atoms. The smallest absolute Gasteiger partial charge is 0.211 e. The van der Waals surface area contributed by atoms with Crippen LogP contribution in [0.2, 0.25) is 0 Å². The molecule has 0 N–H and O–H groups in total. The summed E-state index contributed by atoms with van der Waals surface area (Å²) in [6.07, 6.45) is 1.05. The zero-order valence-corrected chi connectivity index (χ0v) is 9.60. The first-order chi connectivity index (χ1) is 6.86. The lowest BCUT2D eigenvalue weighted by Gasteiger charge is -2.15. The summed E-state index contributed by atoms with van der Waals surface area (Å²) in [6, 6.07) is 6.79. The third-order valence-corrected chi connectivity index (χ3v) is 5.26. The van der Waals surface area contributed by atoms with Crippen molar-refractivity contribution in [2.75, 3.05) is 6.26 Å². The second-order valence-electron chi connectivity index (χ2n) is 3.66. The number of carbonyl (C=O) groups is 1. The molecule has 1 aliphatic carbocycles. The average molecular weight is 245 g/mol. The molecule has 2 rings (SSSR count). The lowest BCUT2D eigenvalue weighted by Crippen LogP contribution is -2.38. The van der Waals surface area contributed by atoms with Crippen LogP contribution >= 0.6 is 11.6 Å². The number of benzene rings is 1. The average Bonchev–Trinajstić information content (AvgIpc) is 2.40. The molecule has 1 atom stereocenters. The van der Waals surface area contributed by atoms with E-state index in [-0.39, 0.29) is 6.42 Å². The van der Waals surface area contributed by atoms with E-state index in [0.29, 0.717) is 11.1 Å². The molecule has 0 heterocycles. The number of carbonyl (C=O) groups excluding carboxylic acids is 1. The minimum Gasteiger partial charge on any atom is -0.291 e. The van der Waals surface area contributed by atoms with Crippen LogP contribution in [0.4, 0.5) is 0 Å². The van der Waals surface area contributed by atoms with Gasteiger partial charge in [-0.05, 0) is 5.56 Å². The van der Waals surface area contributed by atoms with E-state index in [9.17, 15) is 13.2 Å². The molecule has 3 nitrogen and oxygen atoms in total. The van der Waals surface area contributed by atoms with Crippen molar-refractivity contribution >= 4 is 27.2 Å². The summed E-state index contributed by atoms with van der Waals surface area (Å²) in [5.74, 6) is -0.512. The quantitative estimate of drug-likeness (QED) is 0.702. The third-order valence-electron chi connectivity index (χ3n) is 2.61. The van der Waals surface area contributed by atoms with E-state index >= 15 is 0 Å². The lowest BCUT2D eigenvalue weighted by molar-refractivity contribution is 0.0985. The van der Waals surface area contributed by atoms with Crippen molar-refractivity contribution in [3.05, 3.63) is 35.4 Å². The lowest BCUT2D eigenvalue weighted by atomic mass is 10.1. The van der Waals surface area contributed by atoms with E-state index in [0.717, 1.165) is 6.26 Å². The molecule has 0 saturated carbocycles. The highest BCUT2D eigenvalue weighted by Gasteiger charge is 2.51. The van der Waals surface area contributed by atoms with Crippen LogP contribution in [-0.2, 0) is 16.3 Å². The van der Waals surface area contributed by atoms with Crippen molar-refractivity contribution in [1.29, 1.82) is 0 Å². The Balaban J connectivity index is 2.62. The zero-order valence-electron chi connectivity index (χ0n) is 8.03. The van der Waals surface area contributed by atoms with Crippen molar-refractivity contribution < 1.29 is 13.2 Å². The van der Waals surface area contributed by atoms with Crippen LogP contribution in [0.25, 0.3) is 0 Å². The van der Waals surface area contributed by atoms with Gasteiger partial charge in [-0.3, -0.25) is 4.79 Å². The molecule has 1 aromatic carbocycles. The Kier molecular flexibility index (Phi) is 2.17. The van der Waals surface area contributed by atoms with Crippen LogP contribution < -0.4 is 0 Å². The van der Waals surface area contributed by atoms with Crippen LogP contribution in [-0.4, -0.2) is 24.7 Å². The molecular weight excluding hydrogens is 236 g/mol. The Morgan fingerprint density at radius 3 is 2.47 bits per heavy atom. The van der Waals surface area contributed by atoms with Crippen molar-refractivity contribution in [3.8, 4) is 0 Å². The largest absolute Gasteiger partial charge is 0.291 e. The van der Waals surface area contributed by atoms with Gasteiger partial charge in [-0.25, -0.2) is 8.42 Å². The maximum absolute atomic E-state index is 11.9. The fraction of sp³-hybridized carbons (Fsp3) is 0.300. The second-order valence-corrected chi connectivity index (χ2v) is 6.77. The fourth-order valence-corrected chi connectivity index (χ4v) is 2.83. The molecule has 0 fully saturated rings. The molecule has 15 heavy (non-hydrogen) atoms. The first kappa shape index (κ1) is 10.6. The van der Waals surface area contributed by atoms with Crippen molar-refractivity contribution in [2.24, 2.45) is 0 Å². The summed E-state index contributed by atoms with van der Waals surface area (Å²) in [6.45, 7) is 0. The predicted octanol–water partition coefficient (Wildman–Crippen LogP) is 1.41. The summed E-state index contributed by atoms with van der Waals surface area (Å²) in [7, 11) is -3.60. The Morgan fingerprint density at radius 1 is 1.33 bits per heavy atom. The number of Topliss-reactive ketones (excluding diaryl/α,β-unsaturated/α-hetero) is 1. The Labute approximate surface area is 93.0 Å². The molecule has 0 aliphatic heterocycles. The highest BCUT2D eigenvalue weighted by Crippen LogP contribution is 2.38. The van der Waals surface area contributed by atoms with E-state index in [1.54, 1.807) is 24.3 Å². The summed E-state index contributed by atoms with van der Waals surface area (Å²) < 4.78 is 21.2. The molecule has 1 aromatic rings. The zero-order chi connectivity index (χ0) is 11.3. The number of alkyl halides is 1. The van der Waals surface area contributed by atoms with Gasteiger partial charge in [0.05, 0.1) is 0 Å². The molecule has 1 aliphatic rings. The highest BCUT2D eigenvalue weighted by molar-refractivity contribution is 7.94. The van der Waals surface area contributed by atoms with Crippen LogP contribution in [0.1, 0.15) is 15.9 Å². The van der Waals surface area contributed by atoms with Gasteiger partial charge in [0.25, 0.3) is 0 Å². The van der Waals surface area contributed by atoms with Crippen molar-refractivity contribution in [1.82, 2.24) is 0 Å². The van der Waals surface area contributed by atoms with Gasteiger partial charge in [-0.15, -0.1) is 0 Å². The number of hydrogen-bond acceptors (Lipinski definition) is 3.